The molecule has 2 aromatic rings. The lowest BCUT2D eigenvalue weighted by molar-refractivity contribution is 0.577. The molecule has 1 aromatic heterocycles. The molecule has 0 aliphatic rings. The summed E-state index contributed by atoms with van der Waals surface area (Å²) in [5.41, 5.74) is 2.91. The van der Waals surface area contributed by atoms with Crippen LogP contribution in [0.5, 0.6) is 0 Å². The van der Waals surface area contributed by atoms with Crippen LogP contribution in [0.4, 0.5) is 8.78 Å². The fourth-order valence-corrected chi connectivity index (χ4v) is 2.39. The maximum atomic E-state index is 13.1. The third-order valence-electron chi connectivity index (χ3n) is 3.31. The van der Waals surface area contributed by atoms with Crippen LogP contribution in [-0.2, 0) is 20.0 Å². The first-order valence-corrected chi connectivity index (χ1v) is 7.14. The van der Waals surface area contributed by atoms with Crippen LogP contribution in [0.25, 0.3) is 0 Å². The summed E-state index contributed by atoms with van der Waals surface area (Å²) >= 11 is 0. The molecule has 1 heterocycles. The molecule has 1 aromatic carbocycles. The van der Waals surface area contributed by atoms with Crippen molar-refractivity contribution in [2.24, 2.45) is 7.05 Å². The van der Waals surface area contributed by atoms with Gasteiger partial charge in [0.25, 0.3) is 0 Å². The van der Waals surface area contributed by atoms with Gasteiger partial charge in [0.15, 0.2) is 0 Å². The molecule has 0 aliphatic carbocycles. The Bertz CT molecular complexity index is 585. The Morgan fingerprint density at radius 3 is 2.48 bits per heavy atom. The molecule has 5 heteroatoms. The second-order valence-corrected chi connectivity index (χ2v) is 5.57. The standard InChI is InChI=1S/C16H21F2N3/c1-11(2)16-13(10-21(3)20-16)9-19-5-4-12-6-14(17)8-15(18)7-12/h6-8,10-11,19H,4-5,9H2,1-3H3. The van der Waals surface area contributed by atoms with Gasteiger partial charge in [0.1, 0.15) is 11.6 Å². The first kappa shape index (κ1) is 15.6. The van der Waals surface area contributed by atoms with Crippen LogP contribution in [0.1, 0.15) is 36.6 Å². The second kappa shape index (κ2) is 6.80. The molecule has 0 amide bonds. The molecule has 21 heavy (non-hydrogen) atoms. The van der Waals surface area contributed by atoms with Gasteiger partial charge in [-0.15, -0.1) is 0 Å². The van der Waals surface area contributed by atoms with Crippen molar-refractivity contribution < 1.29 is 8.78 Å². The molecule has 114 valence electrons. The maximum Gasteiger partial charge on any atom is 0.126 e. The van der Waals surface area contributed by atoms with Crippen molar-refractivity contribution in [2.45, 2.75) is 32.7 Å². The number of hydrogen-bond donors (Lipinski definition) is 1. The summed E-state index contributed by atoms with van der Waals surface area (Å²) in [5, 5.41) is 7.75. The van der Waals surface area contributed by atoms with Crippen molar-refractivity contribution in [3.05, 3.63) is 52.9 Å². The van der Waals surface area contributed by atoms with Gasteiger partial charge in [0.05, 0.1) is 5.69 Å². The Morgan fingerprint density at radius 1 is 1.19 bits per heavy atom. The quantitative estimate of drug-likeness (QED) is 0.829. The van der Waals surface area contributed by atoms with E-state index >= 15 is 0 Å². The van der Waals surface area contributed by atoms with E-state index in [1.165, 1.54) is 12.1 Å². The molecule has 0 saturated carbocycles. The van der Waals surface area contributed by atoms with Crippen molar-refractivity contribution in [1.82, 2.24) is 15.1 Å². The first-order chi connectivity index (χ1) is 9.95. The van der Waals surface area contributed by atoms with E-state index in [1.54, 1.807) is 0 Å². The van der Waals surface area contributed by atoms with Gasteiger partial charge < -0.3 is 5.32 Å². The van der Waals surface area contributed by atoms with E-state index in [4.69, 9.17) is 0 Å². The molecule has 0 bridgehead atoms. The van der Waals surface area contributed by atoms with Gasteiger partial charge in [0.2, 0.25) is 0 Å². The number of benzene rings is 1. The van der Waals surface area contributed by atoms with Crippen LogP contribution in [-0.4, -0.2) is 16.3 Å². The van der Waals surface area contributed by atoms with E-state index in [0.29, 0.717) is 31.0 Å². The van der Waals surface area contributed by atoms with E-state index in [9.17, 15) is 8.78 Å². The molecule has 0 aliphatic heterocycles. The topological polar surface area (TPSA) is 29.9 Å². The Morgan fingerprint density at radius 2 is 1.86 bits per heavy atom. The zero-order valence-electron chi connectivity index (χ0n) is 12.7. The largest absolute Gasteiger partial charge is 0.312 e. The van der Waals surface area contributed by atoms with Gasteiger partial charge in [0, 0.05) is 31.4 Å². The fraction of sp³-hybridized carbons (Fsp3) is 0.438. The van der Waals surface area contributed by atoms with Gasteiger partial charge in [-0.1, -0.05) is 13.8 Å². The highest BCUT2D eigenvalue weighted by atomic mass is 19.1. The van der Waals surface area contributed by atoms with Gasteiger partial charge in [-0.25, -0.2) is 8.78 Å². The number of aryl methyl sites for hydroxylation is 1. The predicted octanol–water partition coefficient (Wildman–Crippen LogP) is 3.15. The van der Waals surface area contributed by atoms with Crippen LogP contribution in [0.3, 0.4) is 0 Å². The Labute approximate surface area is 124 Å². The van der Waals surface area contributed by atoms with Gasteiger partial charge in [-0.3, -0.25) is 4.68 Å². The molecule has 1 N–H and O–H groups in total. The number of aromatic nitrogens is 2. The van der Waals surface area contributed by atoms with Crippen molar-refractivity contribution in [1.29, 1.82) is 0 Å². The molecule has 0 spiro atoms. The Balaban J connectivity index is 1.87. The monoisotopic (exact) mass is 293 g/mol. The molecule has 0 unspecified atom stereocenters. The van der Waals surface area contributed by atoms with Crippen molar-refractivity contribution in [2.75, 3.05) is 6.54 Å². The van der Waals surface area contributed by atoms with Crippen LogP contribution >= 0.6 is 0 Å². The Kier molecular flexibility index (Phi) is 5.07. The number of nitrogens with zero attached hydrogens (tertiary/aromatic N) is 2. The highest BCUT2D eigenvalue weighted by Crippen LogP contribution is 2.17. The lowest BCUT2D eigenvalue weighted by Gasteiger charge is -2.07. The summed E-state index contributed by atoms with van der Waals surface area (Å²) in [7, 11) is 1.91. The normalized spacial score (nSPS) is 11.3. The molecular formula is C16H21F2N3. The summed E-state index contributed by atoms with van der Waals surface area (Å²) in [6.45, 7) is 5.59. The molecule has 0 fully saturated rings. The number of hydrogen-bond acceptors (Lipinski definition) is 2. The predicted molar refractivity (Wildman–Crippen MR) is 79.1 cm³/mol. The van der Waals surface area contributed by atoms with Gasteiger partial charge in [-0.2, -0.15) is 5.10 Å². The minimum atomic E-state index is -0.528. The van der Waals surface area contributed by atoms with Gasteiger partial charge in [-0.05, 0) is 36.6 Å². The minimum Gasteiger partial charge on any atom is -0.312 e. The highest BCUT2D eigenvalue weighted by molar-refractivity contribution is 5.20. The summed E-state index contributed by atoms with van der Waals surface area (Å²) < 4.78 is 28.0. The number of rotatable bonds is 6. The average molecular weight is 293 g/mol. The molecule has 2 rings (SSSR count). The van der Waals surface area contributed by atoms with E-state index in [1.807, 2.05) is 17.9 Å². The fourth-order valence-electron chi connectivity index (χ4n) is 2.39. The molecule has 0 radical (unpaired) electrons. The minimum absolute atomic E-state index is 0.375. The number of nitrogens with one attached hydrogen (secondary N) is 1. The third kappa shape index (κ3) is 4.36. The summed E-state index contributed by atoms with van der Waals surface area (Å²) in [6, 6.07) is 3.63. The molecule has 0 atom stereocenters. The van der Waals surface area contributed by atoms with Crippen LogP contribution in [0.15, 0.2) is 24.4 Å². The van der Waals surface area contributed by atoms with E-state index in [-0.39, 0.29) is 0 Å². The van der Waals surface area contributed by atoms with E-state index in [0.717, 1.165) is 17.3 Å². The maximum absolute atomic E-state index is 13.1. The highest BCUT2D eigenvalue weighted by Gasteiger charge is 2.10. The number of halogens is 2. The van der Waals surface area contributed by atoms with Crippen molar-refractivity contribution in [3.8, 4) is 0 Å². The first-order valence-electron chi connectivity index (χ1n) is 7.14. The molecule has 0 saturated heterocycles. The van der Waals surface area contributed by atoms with Crippen LogP contribution < -0.4 is 5.32 Å². The smallest absolute Gasteiger partial charge is 0.126 e. The molecule has 3 nitrogen and oxygen atoms in total. The SMILES string of the molecule is CC(C)c1nn(C)cc1CNCCc1cc(F)cc(F)c1. The summed E-state index contributed by atoms with van der Waals surface area (Å²) in [5.74, 6) is -0.681. The van der Waals surface area contributed by atoms with Crippen molar-refractivity contribution in [3.63, 3.8) is 0 Å². The van der Waals surface area contributed by atoms with E-state index in [2.05, 4.69) is 24.3 Å². The lowest BCUT2D eigenvalue weighted by atomic mass is 10.1. The Hall–Kier alpha value is -1.75. The zero-order chi connectivity index (χ0) is 15.4. The average Bonchev–Trinajstić information content (AvgIpc) is 2.75. The second-order valence-electron chi connectivity index (χ2n) is 5.57. The van der Waals surface area contributed by atoms with E-state index < -0.39 is 11.6 Å². The van der Waals surface area contributed by atoms with Crippen molar-refractivity contribution >= 4 is 0 Å². The molecular weight excluding hydrogens is 272 g/mol. The van der Waals surface area contributed by atoms with Crippen LogP contribution in [0.2, 0.25) is 0 Å². The summed E-state index contributed by atoms with van der Waals surface area (Å²) in [4.78, 5) is 0. The van der Waals surface area contributed by atoms with Crippen LogP contribution in [0, 0.1) is 11.6 Å². The summed E-state index contributed by atoms with van der Waals surface area (Å²) in [6.07, 6.45) is 2.59. The van der Waals surface area contributed by atoms with Gasteiger partial charge >= 0.3 is 0 Å². The lowest BCUT2D eigenvalue weighted by Crippen LogP contribution is -2.17. The zero-order valence-corrected chi connectivity index (χ0v) is 12.7. The third-order valence-corrected chi connectivity index (χ3v) is 3.31.